The molecule has 0 saturated carbocycles. The fourth-order valence-electron chi connectivity index (χ4n) is 3.30. The molecule has 2 fully saturated rings. The van der Waals surface area contributed by atoms with E-state index < -0.39 is 45.1 Å². The van der Waals surface area contributed by atoms with Crippen LogP contribution in [0.25, 0.3) is 0 Å². The highest BCUT2D eigenvalue weighted by molar-refractivity contribution is 7.91. The summed E-state index contributed by atoms with van der Waals surface area (Å²) in [6, 6.07) is 1.91. The molecule has 1 aromatic carbocycles. The summed E-state index contributed by atoms with van der Waals surface area (Å²) in [4.78, 5) is 13.7. The molecule has 0 radical (unpaired) electrons. The van der Waals surface area contributed by atoms with E-state index in [0.29, 0.717) is 0 Å². The first-order valence-electron chi connectivity index (χ1n) is 9.06. The molecular formula is C17H19F4N3O4S2. The Morgan fingerprint density at radius 2 is 1.90 bits per heavy atom. The fourth-order valence-corrected chi connectivity index (χ4v) is 4.66. The Hall–Kier alpha value is -2.15. The van der Waals surface area contributed by atoms with E-state index in [9.17, 15) is 30.8 Å². The van der Waals surface area contributed by atoms with Crippen LogP contribution in [0.2, 0.25) is 0 Å². The second-order valence-corrected chi connectivity index (χ2v) is 9.66. The third-order valence-corrected chi connectivity index (χ3v) is 6.80. The van der Waals surface area contributed by atoms with Crippen molar-refractivity contribution >= 4 is 44.5 Å². The maximum absolute atomic E-state index is 14.7. The summed E-state index contributed by atoms with van der Waals surface area (Å²) >= 11 is 4.44. The molecule has 13 heteroatoms. The zero-order valence-corrected chi connectivity index (χ0v) is 17.2. The molecular weight excluding hydrogens is 450 g/mol. The molecule has 7 nitrogen and oxygen atoms in total. The summed E-state index contributed by atoms with van der Waals surface area (Å²) in [5.74, 6) is -2.15. The second kappa shape index (κ2) is 8.92. The zero-order valence-electron chi connectivity index (χ0n) is 15.6. The van der Waals surface area contributed by atoms with Gasteiger partial charge in [-0.2, -0.15) is 0 Å². The summed E-state index contributed by atoms with van der Waals surface area (Å²) in [7, 11) is -3.26. The van der Waals surface area contributed by atoms with Gasteiger partial charge in [-0.25, -0.2) is 30.8 Å². The number of anilines is 2. The number of halogens is 4. The third kappa shape index (κ3) is 5.12. The van der Waals surface area contributed by atoms with Gasteiger partial charge in [0, 0.05) is 25.2 Å². The monoisotopic (exact) mass is 469 g/mol. The van der Waals surface area contributed by atoms with Crippen LogP contribution >= 0.6 is 12.2 Å². The van der Waals surface area contributed by atoms with Crippen LogP contribution in [0, 0.1) is 11.6 Å². The number of nitrogens with one attached hydrogen (secondary N) is 1. The molecule has 1 N–H and O–H groups in total. The third-order valence-electron chi connectivity index (χ3n) is 4.76. The minimum absolute atomic E-state index is 0.0426. The molecule has 2 saturated heterocycles. The maximum Gasteiger partial charge on any atom is 0.414 e. The largest absolute Gasteiger partial charge is 0.442 e. The van der Waals surface area contributed by atoms with Crippen LogP contribution in [0.3, 0.4) is 0 Å². The molecule has 1 unspecified atom stereocenters. The Bertz CT molecular complexity index is 922. The number of amides is 1. The van der Waals surface area contributed by atoms with Gasteiger partial charge in [0.2, 0.25) is 0 Å². The number of benzene rings is 1. The normalized spacial score (nSPS) is 21.5. The molecule has 1 amide bonds. The highest BCUT2D eigenvalue weighted by Crippen LogP contribution is 2.31. The van der Waals surface area contributed by atoms with E-state index in [0.717, 1.165) is 17.0 Å². The number of carbonyl (C=O) groups excluding carboxylic acids is 1. The average molecular weight is 469 g/mol. The minimum Gasteiger partial charge on any atom is -0.442 e. The topological polar surface area (TPSA) is 79.0 Å². The highest BCUT2D eigenvalue weighted by atomic mass is 32.2. The van der Waals surface area contributed by atoms with Gasteiger partial charge in [0.15, 0.2) is 21.5 Å². The van der Waals surface area contributed by atoms with Gasteiger partial charge in [0.25, 0.3) is 6.43 Å². The first kappa shape index (κ1) is 22.5. The lowest BCUT2D eigenvalue weighted by molar-refractivity contribution is 0.142. The Morgan fingerprint density at radius 3 is 2.53 bits per heavy atom. The summed E-state index contributed by atoms with van der Waals surface area (Å²) < 4.78 is 82.7. The molecule has 0 aromatic heterocycles. The van der Waals surface area contributed by atoms with Gasteiger partial charge in [0.1, 0.15) is 16.8 Å². The smallest absolute Gasteiger partial charge is 0.414 e. The Labute approximate surface area is 175 Å². The van der Waals surface area contributed by atoms with E-state index in [1.165, 1.54) is 4.90 Å². The average Bonchev–Trinajstić information content (AvgIpc) is 2.93. The quantitative estimate of drug-likeness (QED) is 0.523. The van der Waals surface area contributed by atoms with Gasteiger partial charge in [-0.15, -0.1) is 0 Å². The number of nitrogens with zero attached hydrogens (tertiary/aromatic N) is 2. The van der Waals surface area contributed by atoms with Crippen LogP contribution in [0.4, 0.5) is 33.7 Å². The lowest BCUT2D eigenvalue weighted by Gasteiger charge is -2.24. The number of cyclic esters (lactones) is 1. The molecule has 1 atom stereocenters. The number of rotatable bonds is 5. The number of alkyl halides is 2. The first-order chi connectivity index (χ1) is 14.1. The van der Waals surface area contributed by atoms with Crippen LogP contribution in [0.1, 0.15) is 6.42 Å². The predicted octanol–water partition coefficient (Wildman–Crippen LogP) is 2.10. The number of ether oxygens (including phenoxy) is 1. The predicted molar refractivity (Wildman–Crippen MR) is 106 cm³/mol. The van der Waals surface area contributed by atoms with Gasteiger partial charge in [-0.1, -0.05) is 12.2 Å². The SMILES string of the molecule is O=C1OC(CNC(=S)C(F)F)CN1c1cc(F)c(N2CCCS(=O)(=O)CC2)c(F)c1. The Morgan fingerprint density at radius 1 is 1.23 bits per heavy atom. The number of hydrogen-bond donors (Lipinski definition) is 1. The summed E-state index contributed by atoms with van der Waals surface area (Å²) in [5.41, 5.74) is -0.455. The van der Waals surface area contributed by atoms with Crippen molar-refractivity contribution in [2.45, 2.75) is 19.0 Å². The minimum atomic E-state index is -3.26. The van der Waals surface area contributed by atoms with Crippen LogP contribution in [-0.4, -0.2) is 69.7 Å². The van der Waals surface area contributed by atoms with Gasteiger partial charge in [-0.05, 0) is 6.42 Å². The number of hydrogen-bond acceptors (Lipinski definition) is 6. The van der Waals surface area contributed by atoms with Crippen LogP contribution in [0.5, 0.6) is 0 Å². The van der Waals surface area contributed by atoms with Crippen molar-refractivity contribution in [3.63, 3.8) is 0 Å². The summed E-state index contributed by atoms with van der Waals surface area (Å²) in [6.45, 7) is -0.149. The lowest BCUT2D eigenvalue weighted by Crippen LogP contribution is -2.36. The van der Waals surface area contributed by atoms with Crippen LogP contribution < -0.4 is 15.1 Å². The van der Waals surface area contributed by atoms with Gasteiger partial charge < -0.3 is 15.0 Å². The zero-order chi connectivity index (χ0) is 22.1. The van der Waals surface area contributed by atoms with Gasteiger partial charge >= 0.3 is 6.09 Å². The van der Waals surface area contributed by atoms with Crippen molar-refractivity contribution in [1.29, 1.82) is 0 Å². The number of carbonyl (C=O) groups is 1. The van der Waals surface area contributed by atoms with Crippen molar-refractivity contribution in [3.05, 3.63) is 23.8 Å². The second-order valence-electron chi connectivity index (χ2n) is 6.91. The lowest BCUT2D eigenvalue weighted by atomic mass is 10.2. The van der Waals surface area contributed by atoms with Crippen molar-refractivity contribution in [2.24, 2.45) is 0 Å². The maximum atomic E-state index is 14.7. The number of sulfone groups is 1. The summed E-state index contributed by atoms with van der Waals surface area (Å²) in [5, 5.41) is 2.28. The van der Waals surface area contributed by atoms with Crippen LogP contribution in [0.15, 0.2) is 12.1 Å². The molecule has 3 rings (SSSR count). The fraction of sp³-hybridized carbons (Fsp3) is 0.529. The molecule has 1 aromatic rings. The van der Waals surface area contributed by atoms with E-state index >= 15 is 0 Å². The molecule has 0 aliphatic carbocycles. The molecule has 30 heavy (non-hydrogen) atoms. The van der Waals surface area contributed by atoms with Gasteiger partial charge in [0.05, 0.1) is 30.3 Å². The number of thiocarbonyl (C=S) groups is 1. The van der Waals surface area contributed by atoms with E-state index in [-0.39, 0.29) is 55.5 Å². The molecule has 166 valence electrons. The standard InChI is InChI=1S/C17H19F4N3O4S2/c18-12-6-10(24-9-11(28-17(24)25)8-22-16(29)15(20)21)7-13(19)14(12)23-2-1-4-30(26,27)5-3-23/h6-7,11,15H,1-5,8-9H2,(H,22,29). The van der Waals surface area contributed by atoms with Gasteiger partial charge in [-0.3, -0.25) is 4.90 Å². The van der Waals surface area contributed by atoms with Crippen molar-refractivity contribution < 1.29 is 35.5 Å². The Balaban J connectivity index is 1.73. The summed E-state index contributed by atoms with van der Waals surface area (Å²) in [6.07, 6.45) is -4.32. The molecule has 0 spiro atoms. The highest BCUT2D eigenvalue weighted by Gasteiger charge is 2.34. The molecule has 0 bridgehead atoms. The van der Waals surface area contributed by atoms with E-state index in [4.69, 9.17) is 4.74 Å². The molecule has 2 heterocycles. The Kier molecular flexibility index (Phi) is 6.70. The first-order valence-corrected chi connectivity index (χ1v) is 11.3. The van der Waals surface area contributed by atoms with Crippen LogP contribution in [-0.2, 0) is 14.6 Å². The molecule has 2 aliphatic rings. The van der Waals surface area contributed by atoms with E-state index in [1.54, 1.807) is 0 Å². The molecule has 2 aliphatic heterocycles. The van der Waals surface area contributed by atoms with Crippen molar-refractivity contribution in [1.82, 2.24) is 5.32 Å². The van der Waals surface area contributed by atoms with E-state index in [2.05, 4.69) is 17.5 Å². The van der Waals surface area contributed by atoms with Crippen molar-refractivity contribution in [2.75, 3.05) is 47.5 Å². The van der Waals surface area contributed by atoms with E-state index in [1.807, 2.05) is 0 Å². The van der Waals surface area contributed by atoms with Crippen molar-refractivity contribution in [3.8, 4) is 0 Å².